The van der Waals surface area contributed by atoms with E-state index in [2.05, 4.69) is 10.3 Å². The number of fused-ring (bicyclic) bond motifs is 1. The number of nitrogens with zero attached hydrogens (tertiary/aromatic N) is 4. The minimum atomic E-state index is -3.72. The van der Waals surface area contributed by atoms with Crippen molar-refractivity contribution in [1.29, 1.82) is 0 Å². The maximum absolute atomic E-state index is 14.5. The molecule has 1 N–H and O–H groups in total. The van der Waals surface area contributed by atoms with Crippen LogP contribution in [0.2, 0.25) is 0 Å². The van der Waals surface area contributed by atoms with Crippen LogP contribution in [0.25, 0.3) is 0 Å². The molecule has 1 aliphatic heterocycles. The van der Waals surface area contributed by atoms with Gasteiger partial charge in [0.1, 0.15) is 5.82 Å². The Labute approximate surface area is 167 Å². The molecule has 8 nitrogen and oxygen atoms in total. The van der Waals surface area contributed by atoms with Crippen LogP contribution in [0.3, 0.4) is 0 Å². The number of hydrogen-bond acceptors (Lipinski definition) is 4. The molecule has 1 amide bonds. The summed E-state index contributed by atoms with van der Waals surface area (Å²) < 4.78 is 42.8. The van der Waals surface area contributed by atoms with Crippen LogP contribution >= 0.6 is 0 Å². The molecule has 1 aliphatic rings. The Balaban J connectivity index is 1.54. The van der Waals surface area contributed by atoms with Crippen molar-refractivity contribution >= 4 is 33.2 Å². The number of nitrogens with one attached hydrogen (secondary N) is 1. The van der Waals surface area contributed by atoms with Gasteiger partial charge in [0.25, 0.3) is 5.91 Å². The Morgan fingerprint density at radius 1 is 1.10 bits per heavy atom. The van der Waals surface area contributed by atoms with Crippen molar-refractivity contribution in [1.82, 2.24) is 9.55 Å². The normalized spacial score (nSPS) is 14.7. The molecule has 0 aliphatic carbocycles. The highest BCUT2D eigenvalue weighted by atomic mass is 32.2. The van der Waals surface area contributed by atoms with Crippen molar-refractivity contribution < 1.29 is 17.6 Å². The molecule has 29 heavy (non-hydrogen) atoms. The Hall–Kier alpha value is -3.40. The molecule has 0 fully saturated rings. The minimum Gasteiger partial charge on any atom is -0.333 e. The zero-order valence-corrected chi connectivity index (χ0v) is 16.5. The number of benzene rings is 2. The van der Waals surface area contributed by atoms with Gasteiger partial charge in [0.05, 0.1) is 23.4 Å². The molecular weight excluding hydrogens is 397 g/mol. The predicted octanol–water partition coefficient (Wildman–Crippen LogP) is 2.45. The summed E-state index contributed by atoms with van der Waals surface area (Å²) in [4.78, 5) is 16.5. The highest BCUT2D eigenvalue weighted by molar-refractivity contribution is 7.94. The molecule has 2 aromatic carbocycles. The summed E-state index contributed by atoms with van der Waals surface area (Å²) in [7, 11) is -0.999. The number of halogens is 1. The monoisotopic (exact) mass is 415 g/mol. The van der Waals surface area contributed by atoms with Crippen LogP contribution in [-0.2, 0) is 16.8 Å². The first-order valence-corrected chi connectivity index (χ1v) is 10.1. The van der Waals surface area contributed by atoms with E-state index in [1.807, 2.05) is 22.9 Å². The van der Waals surface area contributed by atoms with Gasteiger partial charge in [-0.05, 0) is 23.8 Å². The van der Waals surface area contributed by atoms with Gasteiger partial charge in [-0.1, -0.05) is 12.1 Å². The lowest BCUT2D eigenvalue weighted by molar-refractivity contribution is 0.102. The molecule has 4 rings (SSSR count). The van der Waals surface area contributed by atoms with Crippen molar-refractivity contribution in [2.75, 3.05) is 28.0 Å². The van der Waals surface area contributed by atoms with E-state index >= 15 is 0 Å². The molecule has 0 saturated heterocycles. The Morgan fingerprint density at radius 3 is 2.38 bits per heavy atom. The fourth-order valence-corrected chi connectivity index (χ4v) is 4.29. The van der Waals surface area contributed by atoms with Crippen molar-refractivity contribution in [3.05, 3.63) is 72.1 Å². The summed E-state index contributed by atoms with van der Waals surface area (Å²) in [6.07, 6.45) is 5.23. The maximum Gasteiger partial charge on any atom is 0.326 e. The lowest BCUT2D eigenvalue weighted by atomic mass is 10.1. The molecule has 150 valence electrons. The number of carbonyl (C=O) groups excluding carboxylic acids is 1. The number of hydrogen-bond donors (Lipinski definition) is 1. The first-order valence-electron chi connectivity index (χ1n) is 8.70. The number of carbonyl (C=O) groups is 1. The van der Waals surface area contributed by atoms with E-state index in [1.54, 1.807) is 24.7 Å². The van der Waals surface area contributed by atoms with Crippen LogP contribution in [0.5, 0.6) is 0 Å². The summed E-state index contributed by atoms with van der Waals surface area (Å²) >= 11 is 0. The van der Waals surface area contributed by atoms with Gasteiger partial charge in [0.2, 0.25) is 0 Å². The molecule has 0 bridgehead atoms. The fraction of sp³-hybridized carbons (Fsp3) is 0.158. The first-order chi connectivity index (χ1) is 13.8. The molecule has 3 aromatic rings. The van der Waals surface area contributed by atoms with Gasteiger partial charge in [-0.2, -0.15) is 8.42 Å². The van der Waals surface area contributed by atoms with Crippen molar-refractivity contribution in [3.8, 4) is 0 Å². The van der Waals surface area contributed by atoms with Gasteiger partial charge >= 0.3 is 10.2 Å². The van der Waals surface area contributed by atoms with Crippen molar-refractivity contribution in [2.45, 2.75) is 6.54 Å². The van der Waals surface area contributed by atoms with Crippen LogP contribution in [0.1, 0.15) is 15.9 Å². The molecule has 10 heteroatoms. The SMILES string of the molecule is CN1c2cc(F)c(NC(=O)c3ccc(Cn4ccnc4)cc3)cc2N(C)S1(=O)=O. The van der Waals surface area contributed by atoms with Gasteiger partial charge < -0.3 is 9.88 Å². The minimum absolute atomic E-state index is 0.0893. The molecule has 0 atom stereocenters. The summed E-state index contributed by atoms with van der Waals surface area (Å²) in [6, 6.07) is 9.33. The third-order valence-electron chi connectivity index (χ3n) is 4.82. The number of amides is 1. The second kappa shape index (κ2) is 6.89. The maximum atomic E-state index is 14.5. The Kier molecular flexibility index (Phi) is 4.50. The largest absolute Gasteiger partial charge is 0.333 e. The quantitative estimate of drug-likeness (QED) is 0.709. The van der Waals surface area contributed by atoms with E-state index < -0.39 is 21.9 Å². The summed E-state index contributed by atoms with van der Waals surface area (Å²) in [5.74, 6) is -1.21. The smallest absolute Gasteiger partial charge is 0.326 e. The van der Waals surface area contributed by atoms with Crippen molar-refractivity contribution in [3.63, 3.8) is 0 Å². The van der Waals surface area contributed by atoms with Gasteiger partial charge in [-0.25, -0.2) is 9.37 Å². The van der Waals surface area contributed by atoms with Crippen LogP contribution < -0.4 is 13.9 Å². The summed E-state index contributed by atoms with van der Waals surface area (Å²) in [6.45, 7) is 0.621. The zero-order chi connectivity index (χ0) is 20.8. The third-order valence-corrected chi connectivity index (χ3v) is 6.60. The number of aromatic nitrogens is 2. The van der Waals surface area contributed by atoms with E-state index in [1.165, 1.54) is 20.2 Å². The van der Waals surface area contributed by atoms with Crippen LogP contribution in [0, 0.1) is 5.82 Å². The Morgan fingerprint density at radius 2 is 1.76 bits per heavy atom. The van der Waals surface area contributed by atoms with E-state index in [0.717, 1.165) is 20.2 Å². The van der Waals surface area contributed by atoms with Gasteiger partial charge in [0.15, 0.2) is 0 Å². The average molecular weight is 415 g/mol. The van der Waals surface area contributed by atoms with Crippen molar-refractivity contribution in [2.24, 2.45) is 0 Å². The molecular formula is C19H18FN5O3S. The van der Waals surface area contributed by atoms with Crippen LogP contribution in [-0.4, -0.2) is 38.0 Å². The number of rotatable bonds is 4. The van der Waals surface area contributed by atoms with Gasteiger partial charge in [0, 0.05) is 44.7 Å². The second-order valence-corrected chi connectivity index (χ2v) is 8.64. The van der Waals surface area contributed by atoms with Crippen LogP contribution in [0.4, 0.5) is 21.5 Å². The predicted molar refractivity (Wildman–Crippen MR) is 108 cm³/mol. The van der Waals surface area contributed by atoms with Gasteiger partial charge in [-0.15, -0.1) is 0 Å². The highest BCUT2D eigenvalue weighted by Crippen LogP contribution is 2.41. The van der Waals surface area contributed by atoms with E-state index in [-0.39, 0.29) is 11.4 Å². The van der Waals surface area contributed by atoms with Gasteiger partial charge in [-0.3, -0.25) is 13.4 Å². The number of imidazole rings is 1. The Bertz CT molecular complexity index is 1180. The summed E-state index contributed by atoms with van der Waals surface area (Å²) in [5, 5.41) is 2.51. The van der Waals surface area contributed by atoms with E-state index in [0.29, 0.717) is 17.8 Å². The lowest BCUT2D eigenvalue weighted by Gasteiger charge is -2.13. The zero-order valence-electron chi connectivity index (χ0n) is 15.7. The van der Waals surface area contributed by atoms with Crippen LogP contribution in [0.15, 0.2) is 55.1 Å². The average Bonchev–Trinajstić information content (AvgIpc) is 3.26. The number of anilines is 3. The second-order valence-electron chi connectivity index (χ2n) is 6.65. The summed E-state index contributed by atoms with van der Waals surface area (Å²) in [5.41, 5.74) is 1.76. The standard InChI is InChI=1S/C19H18FN5O3S/c1-23-17-9-15(20)16(10-18(17)24(2)29(23,27)28)22-19(26)14-5-3-13(4-6-14)11-25-8-7-21-12-25/h3-10,12H,11H2,1-2H3,(H,22,26). The molecule has 0 saturated carbocycles. The molecule has 0 unspecified atom stereocenters. The molecule has 0 radical (unpaired) electrons. The fourth-order valence-electron chi connectivity index (χ4n) is 3.13. The first kappa shape index (κ1) is 18.9. The highest BCUT2D eigenvalue weighted by Gasteiger charge is 2.36. The molecule has 2 heterocycles. The molecule has 1 aromatic heterocycles. The third kappa shape index (κ3) is 3.31. The van der Waals surface area contributed by atoms with E-state index in [4.69, 9.17) is 0 Å². The van der Waals surface area contributed by atoms with E-state index in [9.17, 15) is 17.6 Å². The molecule has 0 spiro atoms. The topological polar surface area (TPSA) is 87.5 Å². The lowest BCUT2D eigenvalue weighted by Crippen LogP contribution is -2.32.